The monoisotopic (exact) mass is 481 g/mol. The van der Waals surface area contributed by atoms with Gasteiger partial charge in [-0.05, 0) is 42.8 Å². The van der Waals surface area contributed by atoms with E-state index in [2.05, 4.69) is 10.7 Å². The van der Waals surface area contributed by atoms with E-state index in [1.807, 2.05) is 6.92 Å². The van der Waals surface area contributed by atoms with Gasteiger partial charge in [-0.2, -0.15) is 0 Å². The minimum Gasteiger partial charge on any atom is -0.462 e. The Labute approximate surface area is 202 Å². The Morgan fingerprint density at radius 3 is 2.37 bits per heavy atom. The highest BCUT2D eigenvalue weighted by atomic mass is 16.5. The molecule has 10 heteroatoms. The topological polar surface area (TPSA) is 131 Å². The number of esters is 2. The molecule has 10 nitrogen and oxygen atoms in total. The second-order valence-corrected chi connectivity index (χ2v) is 7.94. The zero-order valence-corrected chi connectivity index (χ0v) is 19.3. The van der Waals surface area contributed by atoms with Crippen molar-refractivity contribution in [2.24, 2.45) is 5.92 Å². The normalized spacial score (nSPS) is 14.8. The maximum atomic E-state index is 12.3. The zero-order valence-electron chi connectivity index (χ0n) is 19.3. The molecule has 0 saturated carbocycles. The highest BCUT2D eigenvalue weighted by molar-refractivity contribution is 5.97. The van der Waals surface area contributed by atoms with Crippen LogP contribution in [0.1, 0.15) is 46.9 Å². The highest BCUT2D eigenvalue weighted by Gasteiger charge is 2.36. The first-order valence-corrected chi connectivity index (χ1v) is 11.3. The maximum Gasteiger partial charge on any atom is 0.338 e. The minimum atomic E-state index is -0.802. The van der Waals surface area contributed by atoms with Crippen molar-refractivity contribution in [3.05, 3.63) is 65.7 Å². The van der Waals surface area contributed by atoms with Gasteiger partial charge >= 0.3 is 11.9 Å². The van der Waals surface area contributed by atoms with E-state index in [-0.39, 0.29) is 13.0 Å². The van der Waals surface area contributed by atoms with Gasteiger partial charge in [0.05, 0.1) is 24.6 Å². The fraction of sp³-hybridized carbons (Fsp3) is 0.320. The van der Waals surface area contributed by atoms with E-state index >= 15 is 0 Å². The fourth-order valence-corrected chi connectivity index (χ4v) is 3.28. The Bertz CT molecular complexity index is 1070. The Morgan fingerprint density at radius 1 is 0.971 bits per heavy atom. The molecule has 1 heterocycles. The summed E-state index contributed by atoms with van der Waals surface area (Å²) < 4.78 is 10.2. The molecule has 1 fully saturated rings. The number of anilines is 1. The van der Waals surface area contributed by atoms with Crippen molar-refractivity contribution in [3.63, 3.8) is 0 Å². The molecule has 1 saturated heterocycles. The van der Waals surface area contributed by atoms with Gasteiger partial charge in [-0.15, -0.1) is 0 Å². The smallest absolute Gasteiger partial charge is 0.338 e. The Kier molecular flexibility index (Phi) is 8.94. The van der Waals surface area contributed by atoms with E-state index in [4.69, 9.17) is 9.47 Å². The van der Waals surface area contributed by atoms with Crippen LogP contribution in [0.25, 0.3) is 0 Å². The van der Waals surface area contributed by atoms with Crippen LogP contribution >= 0.6 is 0 Å². The van der Waals surface area contributed by atoms with Crippen LogP contribution in [0.4, 0.5) is 5.69 Å². The quantitative estimate of drug-likeness (QED) is 0.393. The summed E-state index contributed by atoms with van der Waals surface area (Å²) in [6, 6.07) is 14.5. The molecular weight excluding hydrogens is 454 g/mol. The van der Waals surface area contributed by atoms with Gasteiger partial charge in [-0.1, -0.05) is 31.5 Å². The number of carbonyl (C=O) groups excluding carboxylic acids is 5. The lowest BCUT2D eigenvalue weighted by Crippen LogP contribution is -2.43. The third-order valence-corrected chi connectivity index (χ3v) is 5.21. The van der Waals surface area contributed by atoms with E-state index in [0.717, 1.165) is 17.9 Å². The number of benzene rings is 2. The Hall–Kier alpha value is -4.21. The summed E-state index contributed by atoms with van der Waals surface area (Å²) in [5.41, 5.74) is 3.64. The summed E-state index contributed by atoms with van der Waals surface area (Å²) >= 11 is 0. The third-order valence-electron chi connectivity index (χ3n) is 5.21. The lowest BCUT2D eigenvalue weighted by Gasteiger charge is -2.17. The van der Waals surface area contributed by atoms with Gasteiger partial charge in [0.25, 0.3) is 11.8 Å². The van der Waals surface area contributed by atoms with Crippen LogP contribution < -0.4 is 10.7 Å². The molecule has 184 valence electrons. The van der Waals surface area contributed by atoms with E-state index < -0.39 is 42.2 Å². The molecule has 2 aromatic rings. The fourth-order valence-electron chi connectivity index (χ4n) is 3.28. The summed E-state index contributed by atoms with van der Waals surface area (Å²) in [6.45, 7) is 1.76. The van der Waals surface area contributed by atoms with Gasteiger partial charge in [0.2, 0.25) is 5.91 Å². The molecule has 1 aliphatic heterocycles. The van der Waals surface area contributed by atoms with Crippen LogP contribution in [-0.2, 0) is 23.9 Å². The second-order valence-electron chi connectivity index (χ2n) is 7.94. The van der Waals surface area contributed by atoms with Gasteiger partial charge in [0.15, 0.2) is 6.61 Å². The first-order chi connectivity index (χ1) is 16.9. The SMILES string of the molecule is CCCCOC(=O)c1ccc(NC(=O)COC(=O)[C@@H]2CC(=O)N(NC(=O)c3ccccc3)C2)cc1. The van der Waals surface area contributed by atoms with Crippen LogP contribution in [0, 0.1) is 5.92 Å². The molecule has 3 amide bonds. The van der Waals surface area contributed by atoms with E-state index in [0.29, 0.717) is 23.4 Å². The molecule has 3 rings (SSSR count). The first-order valence-electron chi connectivity index (χ1n) is 11.3. The van der Waals surface area contributed by atoms with Crippen molar-refractivity contribution in [1.82, 2.24) is 10.4 Å². The molecule has 2 aromatic carbocycles. The predicted molar refractivity (Wildman–Crippen MR) is 125 cm³/mol. The molecule has 1 atom stereocenters. The van der Waals surface area contributed by atoms with Crippen LogP contribution in [0.2, 0.25) is 0 Å². The van der Waals surface area contributed by atoms with Crippen LogP contribution in [0.15, 0.2) is 54.6 Å². The molecule has 0 aromatic heterocycles. The number of ether oxygens (including phenoxy) is 2. The highest BCUT2D eigenvalue weighted by Crippen LogP contribution is 2.18. The molecule has 2 N–H and O–H groups in total. The van der Waals surface area contributed by atoms with Gasteiger partial charge in [0, 0.05) is 17.7 Å². The second kappa shape index (κ2) is 12.3. The lowest BCUT2D eigenvalue weighted by atomic mass is 10.1. The molecule has 35 heavy (non-hydrogen) atoms. The number of carbonyl (C=O) groups is 5. The van der Waals surface area contributed by atoms with E-state index in [1.165, 1.54) is 12.1 Å². The number of nitrogens with zero attached hydrogens (tertiary/aromatic N) is 1. The average Bonchev–Trinajstić information content (AvgIpc) is 3.23. The van der Waals surface area contributed by atoms with Crippen molar-refractivity contribution in [2.45, 2.75) is 26.2 Å². The predicted octanol–water partition coefficient (Wildman–Crippen LogP) is 2.32. The molecule has 1 aliphatic rings. The number of hydrazine groups is 1. The summed E-state index contributed by atoms with van der Waals surface area (Å²) in [6.07, 6.45) is 1.57. The number of rotatable bonds is 10. The molecular formula is C25H27N3O7. The number of amides is 3. The molecule has 0 unspecified atom stereocenters. The van der Waals surface area contributed by atoms with E-state index in [9.17, 15) is 24.0 Å². The largest absolute Gasteiger partial charge is 0.462 e. The van der Waals surface area contributed by atoms with Crippen LogP contribution in [-0.4, -0.2) is 54.4 Å². The van der Waals surface area contributed by atoms with Crippen LogP contribution in [0.3, 0.4) is 0 Å². The maximum absolute atomic E-state index is 12.3. The van der Waals surface area contributed by atoms with Crippen molar-refractivity contribution in [3.8, 4) is 0 Å². The Morgan fingerprint density at radius 2 is 1.69 bits per heavy atom. The first kappa shape index (κ1) is 25.4. The molecule has 0 aliphatic carbocycles. The van der Waals surface area contributed by atoms with Crippen LogP contribution in [0.5, 0.6) is 0 Å². The zero-order chi connectivity index (χ0) is 25.2. The average molecular weight is 482 g/mol. The van der Waals surface area contributed by atoms with Crippen molar-refractivity contribution in [1.29, 1.82) is 0 Å². The van der Waals surface area contributed by atoms with Gasteiger partial charge in [0.1, 0.15) is 0 Å². The van der Waals surface area contributed by atoms with Crippen molar-refractivity contribution in [2.75, 3.05) is 25.1 Å². The van der Waals surface area contributed by atoms with Gasteiger partial charge in [-0.25, -0.2) is 4.79 Å². The number of unbranched alkanes of at least 4 members (excludes halogenated alkanes) is 1. The van der Waals surface area contributed by atoms with Crippen molar-refractivity contribution < 1.29 is 33.4 Å². The third kappa shape index (κ3) is 7.39. The van der Waals surface area contributed by atoms with Gasteiger partial charge in [-0.3, -0.25) is 29.6 Å². The molecule has 0 bridgehead atoms. The lowest BCUT2D eigenvalue weighted by molar-refractivity contribution is -0.151. The molecule has 0 radical (unpaired) electrons. The van der Waals surface area contributed by atoms with E-state index in [1.54, 1.807) is 42.5 Å². The summed E-state index contributed by atoms with van der Waals surface area (Å²) in [7, 11) is 0. The number of hydrogen-bond acceptors (Lipinski definition) is 7. The molecule has 0 spiro atoms. The Balaban J connectivity index is 1.42. The van der Waals surface area contributed by atoms with Gasteiger partial charge < -0.3 is 14.8 Å². The summed E-state index contributed by atoms with van der Waals surface area (Å²) in [5, 5.41) is 3.65. The minimum absolute atomic E-state index is 0.0479. The van der Waals surface area contributed by atoms with Crippen molar-refractivity contribution >= 4 is 35.3 Å². The summed E-state index contributed by atoms with van der Waals surface area (Å²) in [4.78, 5) is 60.8. The number of nitrogens with one attached hydrogen (secondary N) is 2. The standard InChI is InChI=1S/C25H27N3O7/c1-2-3-13-34-24(32)18-9-11-20(12-10-18)26-21(29)16-35-25(33)19-14-22(30)28(15-19)27-23(31)17-7-5-4-6-8-17/h4-12,19H,2-3,13-16H2,1H3,(H,26,29)(H,27,31)/t19-/m1/s1. The number of hydrogen-bond donors (Lipinski definition) is 2. The summed E-state index contributed by atoms with van der Waals surface area (Å²) in [5.74, 6) is -3.42.